The fraction of sp³-hybridized carbons (Fsp3) is 0.294. The summed E-state index contributed by atoms with van der Waals surface area (Å²) in [5.41, 5.74) is 2.23. The van der Waals surface area contributed by atoms with E-state index in [-0.39, 0.29) is 23.6 Å². The van der Waals surface area contributed by atoms with Gasteiger partial charge in [-0.25, -0.2) is 9.50 Å². The van der Waals surface area contributed by atoms with E-state index in [0.717, 1.165) is 10.1 Å². The molecule has 0 bridgehead atoms. The summed E-state index contributed by atoms with van der Waals surface area (Å²) in [4.78, 5) is 19.8. The molecule has 27 heavy (non-hydrogen) atoms. The standard InChI is InChI=1S/C17H16F3N5O2/c1-8-4-5-12(13(26)6-8)22-14(27)7-11-9(2)21-16-23-15(17(18,19)20)24-25(16)10(11)3/h4-6,26H,7H2,1-3H3,(H,22,27). The Morgan fingerprint density at radius 3 is 2.56 bits per heavy atom. The lowest BCUT2D eigenvalue weighted by atomic mass is 10.1. The van der Waals surface area contributed by atoms with Gasteiger partial charge in [-0.05, 0) is 38.5 Å². The van der Waals surface area contributed by atoms with Crippen LogP contribution in [0.15, 0.2) is 18.2 Å². The van der Waals surface area contributed by atoms with Crippen LogP contribution < -0.4 is 5.32 Å². The molecular weight excluding hydrogens is 363 g/mol. The molecule has 0 atom stereocenters. The molecule has 3 aromatic rings. The number of benzene rings is 1. The molecule has 0 spiro atoms. The third-order valence-electron chi connectivity index (χ3n) is 4.07. The molecule has 0 radical (unpaired) electrons. The Labute approximate surface area is 151 Å². The maximum Gasteiger partial charge on any atom is 0.453 e. The van der Waals surface area contributed by atoms with Crippen molar-refractivity contribution in [3.05, 3.63) is 46.5 Å². The zero-order valence-electron chi connectivity index (χ0n) is 14.7. The van der Waals surface area contributed by atoms with Crippen LogP contribution in [0.5, 0.6) is 5.75 Å². The van der Waals surface area contributed by atoms with Crippen LogP contribution >= 0.6 is 0 Å². The molecule has 0 fully saturated rings. The van der Waals surface area contributed by atoms with E-state index in [4.69, 9.17) is 0 Å². The number of hydrogen-bond donors (Lipinski definition) is 2. The van der Waals surface area contributed by atoms with Crippen LogP contribution in [-0.4, -0.2) is 30.6 Å². The SMILES string of the molecule is Cc1ccc(NC(=O)Cc2c(C)nc3nc(C(F)(F)F)nn3c2C)c(O)c1. The van der Waals surface area contributed by atoms with Crippen LogP contribution in [0.3, 0.4) is 0 Å². The summed E-state index contributed by atoms with van der Waals surface area (Å²) in [6.45, 7) is 4.93. The minimum absolute atomic E-state index is 0.0727. The van der Waals surface area contributed by atoms with Gasteiger partial charge >= 0.3 is 6.18 Å². The van der Waals surface area contributed by atoms with Gasteiger partial charge in [0.25, 0.3) is 11.6 Å². The second-order valence-electron chi connectivity index (χ2n) is 6.15. The highest BCUT2D eigenvalue weighted by Gasteiger charge is 2.37. The first-order valence-electron chi connectivity index (χ1n) is 7.96. The summed E-state index contributed by atoms with van der Waals surface area (Å²) in [6.07, 6.45) is -4.83. The monoisotopic (exact) mass is 379 g/mol. The van der Waals surface area contributed by atoms with Gasteiger partial charge in [-0.1, -0.05) is 6.07 Å². The van der Waals surface area contributed by atoms with E-state index in [1.807, 2.05) is 0 Å². The summed E-state index contributed by atoms with van der Waals surface area (Å²) >= 11 is 0. The smallest absolute Gasteiger partial charge is 0.453 e. The van der Waals surface area contributed by atoms with E-state index in [2.05, 4.69) is 20.4 Å². The number of aromatic hydroxyl groups is 1. The Morgan fingerprint density at radius 2 is 1.93 bits per heavy atom. The van der Waals surface area contributed by atoms with Crippen LogP contribution in [0.1, 0.15) is 28.3 Å². The zero-order valence-corrected chi connectivity index (χ0v) is 14.7. The van der Waals surface area contributed by atoms with Gasteiger partial charge in [0.2, 0.25) is 5.91 Å². The number of anilines is 1. The van der Waals surface area contributed by atoms with Gasteiger partial charge < -0.3 is 10.4 Å². The van der Waals surface area contributed by atoms with Crippen LogP contribution in [-0.2, 0) is 17.4 Å². The van der Waals surface area contributed by atoms with Gasteiger partial charge in [-0.2, -0.15) is 18.2 Å². The Hall–Kier alpha value is -3.17. The first-order valence-corrected chi connectivity index (χ1v) is 7.96. The minimum atomic E-state index is -4.69. The third-order valence-corrected chi connectivity index (χ3v) is 4.07. The van der Waals surface area contributed by atoms with E-state index in [1.165, 1.54) is 6.07 Å². The van der Waals surface area contributed by atoms with Gasteiger partial charge in [0.05, 0.1) is 12.1 Å². The van der Waals surface area contributed by atoms with Crippen molar-refractivity contribution in [3.8, 4) is 5.75 Å². The topological polar surface area (TPSA) is 92.4 Å². The van der Waals surface area contributed by atoms with E-state index in [1.54, 1.807) is 32.9 Å². The molecule has 7 nitrogen and oxygen atoms in total. The molecule has 0 aliphatic carbocycles. The zero-order chi connectivity index (χ0) is 19.9. The highest BCUT2D eigenvalue weighted by molar-refractivity contribution is 5.93. The molecule has 0 aliphatic rings. The summed E-state index contributed by atoms with van der Waals surface area (Å²) in [5.74, 6) is -1.99. The van der Waals surface area contributed by atoms with Gasteiger partial charge in [-0.15, -0.1) is 5.10 Å². The highest BCUT2D eigenvalue weighted by Crippen LogP contribution is 2.27. The Balaban J connectivity index is 1.91. The van der Waals surface area contributed by atoms with E-state index < -0.39 is 17.9 Å². The molecule has 0 saturated carbocycles. The molecule has 142 valence electrons. The van der Waals surface area contributed by atoms with Crippen LogP contribution in [0.4, 0.5) is 18.9 Å². The number of alkyl halides is 3. The van der Waals surface area contributed by atoms with Gasteiger partial charge in [-0.3, -0.25) is 4.79 Å². The Bertz CT molecular complexity index is 1040. The van der Waals surface area contributed by atoms with Crippen molar-refractivity contribution in [2.45, 2.75) is 33.4 Å². The lowest BCUT2D eigenvalue weighted by Gasteiger charge is -2.11. The molecule has 2 aromatic heterocycles. The number of nitrogens with zero attached hydrogens (tertiary/aromatic N) is 4. The number of carbonyl (C=O) groups is 1. The quantitative estimate of drug-likeness (QED) is 0.683. The van der Waals surface area contributed by atoms with Crippen LogP contribution in [0.2, 0.25) is 0 Å². The molecule has 10 heteroatoms. The molecule has 0 unspecified atom stereocenters. The van der Waals surface area contributed by atoms with E-state index in [0.29, 0.717) is 17.0 Å². The predicted molar refractivity (Wildman–Crippen MR) is 90.4 cm³/mol. The molecule has 2 heterocycles. The van der Waals surface area contributed by atoms with Crippen molar-refractivity contribution in [1.82, 2.24) is 19.6 Å². The first-order chi connectivity index (χ1) is 12.6. The number of hydrogen-bond acceptors (Lipinski definition) is 5. The van der Waals surface area contributed by atoms with Gasteiger partial charge in [0.1, 0.15) is 5.75 Å². The molecule has 3 rings (SSSR count). The van der Waals surface area contributed by atoms with Crippen molar-refractivity contribution in [2.24, 2.45) is 0 Å². The number of carbonyl (C=O) groups excluding carboxylic acids is 1. The molecular formula is C17H16F3N5O2. The molecule has 1 aromatic carbocycles. The number of phenolic OH excluding ortho intramolecular Hbond substituents is 1. The summed E-state index contributed by atoms with van der Waals surface area (Å²) in [5, 5.41) is 15.9. The summed E-state index contributed by atoms with van der Waals surface area (Å²) in [6, 6.07) is 4.80. The molecule has 2 N–H and O–H groups in total. The normalized spacial score (nSPS) is 11.8. The van der Waals surface area contributed by atoms with Crippen molar-refractivity contribution in [1.29, 1.82) is 0 Å². The predicted octanol–water partition coefficient (Wildman–Crippen LogP) is 2.96. The highest BCUT2D eigenvalue weighted by atomic mass is 19.4. The average Bonchev–Trinajstić information content (AvgIpc) is 2.98. The lowest BCUT2D eigenvalue weighted by molar-refractivity contribution is -0.144. The number of halogens is 3. The number of rotatable bonds is 3. The molecule has 0 aliphatic heterocycles. The largest absolute Gasteiger partial charge is 0.506 e. The van der Waals surface area contributed by atoms with Crippen LogP contribution in [0.25, 0.3) is 5.78 Å². The number of aryl methyl sites for hydroxylation is 3. The third kappa shape index (κ3) is 3.69. The number of fused-ring (bicyclic) bond motifs is 1. The van der Waals surface area contributed by atoms with Gasteiger partial charge in [0, 0.05) is 17.0 Å². The fourth-order valence-corrected chi connectivity index (χ4v) is 2.69. The fourth-order valence-electron chi connectivity index (χ4n) is 2.69. The maximum absolute atomic E-state index is 12.8. The lowest BCUT2D eigenvalue weighted by Crippen LogP contribution is -2.18. The van der Waals surface area contributed by atoms with Crippen LogP contribution in [0, 0.1) is 20.8 Å². The number of amides is 1. The second-order valence-corrected chi connectivity index (χ2v) is 6.15. The average molecular weight is 379 g/mol. The number of phenols is 1. The second kappa shape index (κ2) is 6.53. The number of nitrogens with one attached hydrogen (secondary N) is 1. The molecule has 0 saturated heterocycles. The first kappa shape index (κ1) is 18.6. The van der Waals surface area contributed by atoms with Crippen molar-refractivity contribution in [3.63, 3.8) is 0 Å². The summed E-state index contributed by atoms with van der Waals surface area (Å²) < 4.78 is 39.4. The number of aromatic nitrogens is 4. The van der Waals surface area contributed by atoms with E-state index >= 15 is 0 Å². The summed E-state index contributed by atoms with van der Waals surface area (Å²) in [7, 11) is 0. The van der Waals surface area contributed by atoms with E-state index in [9.17, 15) is 23.1 Å². The van der Waals surface area contributed by atoms with Crippen molar-refractivity contribution in [2.75, 3.05) is 5.32 Å². The molecule has 1 amide bonds. The van der Waals surface area contributed by atoms with Crippen molar-refractivity contribution < 1.29 is 23.1 Å². The maximum atomic E-state index is 12.8. The van der Waals surface area contributed by atoms with Gasteiger partial charge in [0.15, 0.2) is 0 Å². The minimum Gasteiger partial charge on any atom is -0.506 e. The van der Waals surface area contributed by atoms with Crippen molar-refractivity contribution >= 4 is 17.4 Å². The Kier molecular flexibility index (Phi) is 4.50. The Morgan fingerprint density at radius 1 is 1.22 bits per heavy atom.